The molecule has 0 unspecified atom stereocenters. The Kier molecular flexibility index (Phi) is 5.38. The van der Waals surface area contributed by atoms with Crippen LogP contribution in [0.4, 0.5) is 5.69 Å². The third-order valence-corrected chi connectivity index (χ3v) is 3.27. The third kappa shape index (κ3) is 5.61. The van der Waals surface area contributed by atoms with E-state index in [0.29, 0.717) is 0 Å². The number of likely N-dealkylation sites (N-methyl/N-ethyl adjacent to an activating group) is 1. The van der Waals surface area contributed by atoms with Crippen molar-refractivity contribution in [2.24, 2.45) is 5.73 Å². The Morgan fingerprint density at radius 3 is 2.53 bits per heavy atom. The number of nitrogens with zero attached hydrogens (tertiary/aromatic N) is 1. The molecule has 0 saturated heterocycles. The van der Waals surface area contributed by atoms with Crippen LogP contribution in [0.2, 0.25) is 0 Å². The van der Waals surface area contributed by atoms with E-state index in [4.69, 9.17) is 5.73 Å². The van der Waals surface area contributed by atoms with Gasteiger partial charge in [-0.1, -0.05) is 6.07 Å². The largest absolute Gasteiger partial charge is 0.368 e. The SMILES string of the molecule is CN(CC(N)=O)c1ccc(CNC(C)(C)C)cc1Br. The monoisotopic (exact) mass is 327 g/mol. The van der Waals surface area contributed by atoms with Crippen LogP contribution in [0.5, 0.6) is 0 Å². The Balaban J connectivity index is 2.77. The van der Waals surface area contributed by atoms with E-state index in [-0.39, 0.29) is 18.0 Å². The molecule has 5 heteroatoms. The second-order valence-electron chi connectivity index (χ2n) is 5.71. The number of anilines is 1. The molecule has 19 heavy (non-hydrogen) atoms. The average Bonchev–Trinajstić information content (AvgIpc) is 2.24. The zero-order chi connectivity index (χ0) is 14.6. The molecule has 1 aromatic carbocycles. The predicted molar refractivity (Wildman–Crippen MR) is 83.2 cm³/mol. The minimum absolute atomic E-state index is 0.0912. The van der Waals surface area contributed by atoms with Crippen molar-refractivity contribution in [2.75, 3.05) is 18.5 Å². The molecule has 4 nitrogen and oxygen atoms in total. The predicted octanol–water partition coefficient (Wildman–Crippen LogP) is 2.26. The quantitative estimate of drug-likeness (QED) is 0.872. The number of halogens is 1. The molecular weight excluding hydrogens is 306 g/mol. The summed E-state index contributed by atoms with van der Waals surface area (Å²) in [5, 5.41) is 3.44. The van der Waals surface area contributed by atoms with Gasteiger partial charge in [-0.05, 0) is 54.4 Å². The zero-order valence-corrected chi connectivity index (χ0v) is 13.5. The summed E-state index contributed by atoms with van der Waals surface area (Å²) in [5.41, 5.74) is 7.44. The molecule has 3 N–H and O–H groups in total. The molecule has 1 amide bonds. The van der Waals surface area contributed by atoms with Crippen molar-refractivity contribution in [1.29, 1.82) is 0 Å². The molecule has 0 spiro atoms. The lowest BCUT2D eigenvalue weighted by Crippen LogP contribution is -2.35. The maximum atomic E-state index is 10.9. The van der Waals surface area contributed by atoms with Crippen LogP contribution in [-0.2, 0) is 11.3 Å². The fourth-order valence-electron chi connectivity index (χ4n) is 1.66. The van der Waals surface area contributed by atoms with Crippen LogP contribution in [0.15, 0.2) is 22.7 Å². The molecular formula is C14H22BrN3O. The number of primary amides is 1. The van der Waals surface area contributed by atoms with E-state index in [1.165, 1.54) is 5.56 Å². The molecule has 1 rings (SSSR count). The number of hydrogen-bond donors (Lipinski definition) is 2. The van der Waals surface area contributed by atoms with E-state index >= 15 is 0 Å². The van der Waals surface area contributed by atoms with Gasteiger partial charge in [0.25, 0.3) is 0 Å². The Morgan fingerprint density at radius 2 is 2.05 bits per heavy atom. The van der Waals surface area contributed by atoms with E-state index in [1.807, 2.05) is 18.0 Å². The smallest absolute Gasteiger partial charge is 0.236 e. The van der Waals surface area contributed by atoms with Crippen molar-refractivity contribution in [3.63, 3.8) is 0 Å². The fourth-order valence-corrected chi connectivity index (χ4v) is 2.38. The highest BCUT2D eigenvalue weighted by molar-refractivity contribution is 9.10. The van der Waals surface area contributed by atoms with Gasteiger partial charge in [0.15, 0.2) is 0 Å². The minimum Gasteiger partial charge on any atom is -0.368 e. The first kappa shape index (κ1) is 16.0. The molecule has 1 aromatic rings. The molecule has 0 aromatic heterocycles. The van der Waals surface area contributed by atoms with Crippen molar-refractivity contribution in [3.8, 4) is 0 Å². The summed E-state index contributed by atoms with van der Waals surface area (Å²) in [6, 6.07) is 6.11. The maximum absolute atomic E-state index is 10.9. The standard InChI is InChI=1S/C14H22BrN3O/c1-14(2,3)17-8-10-5-6-12(11(15)7-10)18(4)9-13(16)19/h5-7,17H,8-9H2,1-4H3,(H2,16,19). The summed E-state index contributed by atoms with van der Waals surface area (Å²) in [5.74, 6) is -0.340. The van der Waals surface area contributed by atoms with Crippen LogP contribution < -0.4 is 16.0 Å². The summed E-state index contributed by atoms with van der Waals surface area (Å²) in [6.07, 6.45) is 0. The van der Waals surface area contributed by atoms with E-state index in [2.05, 4.69) is 54.2 Å². The summed E-state index contributed by atoms with van der Waals surface area (Å²) >= 11 is 3.54. The molecule has 0 heterocycles. The maximum Gasteiger partial charge on any atom is 0.236 e. The lowest BCUT2D eigenvalue weighted by atomic mass is 10.1. The van der Waals surface area contributed by atoms with Crippen LogP contribution in [0, 0.1) is 0 Å². The fraction of sp³-hybridized carbons (Fsp3) is 0.500. The summed E-state index contributed by atoms with van der Waals surface area (Å²) in [4.78, 5) is 12.8. The number of nitrogens with two attached hydrogens (primary N) is 1. The molecule has 0 bridgehead atoms. The number of carbonyl (C=O) groups is 1. The first-order valence-electron chi connectivity index (χ1n) is 6.22. The highest BCUT2D eigenvalue weighted by Gasteiger charge is 2.11. The number of rotatable bonds is 5. The highest BCUT2D eigenvalue weighted by atomic mass is 79.9. The van der Waals surface area contributed by atoms with Crippen molar-refractivity contribution >= 4 is 27.5 Å². The van der Waals surface area contributed by atoms with E-state index in [9.17, 15) is 4.79 Å². The Bertz CT molecular complexity index is 454. The molecule has 0 aliphatic heterocycles. The average molecular weight is 328 g/mol. The lowest BCUT2D eigenvalue weighted by molar-refractivity contribution is -0.116. The first-order chi connectivity index (χ1) is 8.69. The second kappa shape index (κ2) is 6.39. The van der Waals surface area contributed by atoms with Gasteiger partial charge in [-0.3, -0.25) is 4.79 Å². The Morgan fingerprint density at radius 1 is 1.42 bits per heavy atom. The van der Waals surface area contributed by atoms with Crippen LogP contribution in [0.3, 0.4) is 0 Å². The molecule has 0 saturated carbocycles. The van der Waals surface area contributed by atoms with Crippen molar-refractivity contribution in [1.82, 2.24) is 5.32 Å². The Hall–Kier alpha value is -1.07. The number of carbonyl (C=O) groups excluding carboxylic acids is 1. The summed E-state index contributed by atoms with van der Waals surface area (Å²) < 4.78 is 0.962. The van der Waals surface area contributed by atoms with Gasteiger partial charge in [0.1, 0.15) is 0 Å². The van der Waals surface area contributed by atoms with Crippen LogP contribution >= 0.6 is 15.9 Å². The van der Waals surface area contributed by atoms with Gasteiger partial charge >= 0.3 is 0 Å². The Labute approximate surface area is 123 Å². The van der Waals surface area contributed by atoms with Gasteiger partial charge in [-0.2, -0.15) is 0 Å². The van der Waals surface area contributed by atoms with Gasteiger partial charge in [-0.25, -0.2) is 0 Å². The number of nitrogens with one attached hydrogen (secondary N) is 1. The van der Waals surface area contributed by atoms with Crippen LogP contribution in [-0.4, -0.2) is 25.0 Å². The molecule has 0 aliphatic carbocycles. The van der Waals surface area contributed by atoms with Crippen molar-refractivity contribution in [3.05, 3.63) is 28.2 Å². The number of benzene rings is 1. The van der Waals surface area contributed by atoms with E-state index in [1.54, 1.807) is 0 Å². The normalized spacial score (nSPS) is 11.4. The summed E-state index contributed by atoms with van der Waals surface area (Å²) in [7, 11) is 1.85. The van der Waals surface area contributed by atoms with Gasteiger partial charge in [0, 0.05) is 23.6 Å². The van der Waals surface area contributed by atoms with Crippen LogP contribution in [0.1, 0.15) is 26.3 Å². The zero-order valence-electron chi connectivity index (χ0n) is 12.0. The molecule has 0 atom stereocenters. The first-order valence-corrected chi connectivity index (χ1v) is 7.01. The van der Waals surface area contributed by atoms with Gasteiger partial charge < -0.3 is 16.0 Å². The molecule has 0 radical (unpaired) electrons. The highest BCUT2D eigenvalue weighted by Crippen LogP contribution is 2.26. The molecule has 0 aliphatic rings. The van der Waals surface area contributed by atoms with Crippen molar-refractivity contribution < 1.29 is 4.79 Å². The van der Waals surface area contributed by atoms with Gasteiger partial charge in [0.05, 0.1) is 12.2 Å². The van der Waals surface area contributed by atoms with E-state index < -0.39 is 0 Å². The molecule has 0 fully saturated rings. The minimum atomic E-state index is -0.340. The summed E-state index contributed by atoms with van der Waals surface area (Å²) in [6.45, 7) is 7.42. The third-order valence-electron chi connectivity index (χ3n) is 2.64. The van der Waals surface area contributed by atoms with Gasteiger partial charge in [-0.15, -0.1) is 0 Å². The molecule has 106 valence electrons. The van der Waals surface area contributed by atoms with Crippen LogP contribution in [0.25, 0.3) is 0 Å². The lowest BCUT2D eigenvalue weighted by Gasteiger charge is -2.22. The second-order valence-corrected chi connectivity index (χ2v) is 6.57. The number of hydrogen-bond acceptors (Lipinski definition) is 3. The van der Waals surface area contributed by atoms with E-state index in [0.717, 1.165) is 16.7 Å². The van der Waals surface area contributed by atoms with Crippen molar-refractivity contribution in [2.45, 2.75) is 32.9 Å². The number of amides is 1. The van der Waals surface area contributed by atoms with Gasteiger partial charge in [0.2, 0.25) is 5.91 Å². The topological polar surface area (TPSA) is 58.4 Å².